The molecule has 0 radical (unpaired) electrons. The van der Waals surface area contributed by atoms with Crippen molar-refractivity contribution < 1.29 is 19.1 Å². The maximum Gasteiger partial charge on any atom is 0.336 e. The van der Waals surface area contributed by atoms with Crippen molar-refractivity contribution in [3.8, 4) is 0 Å². The molecule has 1 amide bonds. The van der Waals surface area contributed by atoms with Crippen molar-refractivity contribution in [1.82, 2.24) is 4.90 Å². The summed E-state index contributed by atoms with van der Waals surface area (Å²) in [7, 11) is 1.31. The molecule has 1 atom stereocenters. The molecule has 1 aliphatic rings. The zero-order valence-electron chi connectivity index (χ0n) is 11.2. The van der Waals surface area contributed by atoms with Crippen LogP contribution in [0.15, 0.2) is 28.7 Å². The number of carbonyl (C=O) groups is 2. The van der Waals surface area contributed by atoms with E-state index in [-0.39, 0.29) is 12.5 Å². The number of esters is 1. The molecule has 0 aliphatic carbocycles. The Morgan fingerprint density at radius 2 is 2.30 bits per heavy atom. The third-order valence-corrected chi connectivity index (χ3v) is 3.62. The number of methoxy groups -OCH3 is 1. The van der Waals surface area contributed by atoms with E-state index in [9.17, 15) is 9.59 Å². The number of amides is 1. The molecule has 108 valence electrons. The van der Waals surface area contributed by atoms with Crippen LogP contribution in [0, 0.1) is 0 Å². The molecular weight excluding hydrogens is 326 g/mol. The predicted octanol–water partition coefficient (Wildman–Crippen LogP) is 1.39. The van der Waals surface area contributed by atoms with Gasteiger partial charge in [-0.05, 0) is 17.7 Å². The van der Waals surface area contributed by atoms with Gasteiger partial charge in [0, 0.05) is 11.0 Å². The molecule has 0 saturated carbocycles. The average molecular weight is 342 g/mol. The largest absolute Gasteiger partial charge is 0.467 e. The van der Waals surface area contributed by atoms with E-state index in [1.165, 1.54) is 7.11 Å². The van der Waals surface area contributed by atoms with E-state index in [1.807, 2.05) is 24.3 Å². The fourth-order valence-electron chi connectivity index (χ4n) is 2.08. The second-order valence-electron chi connectivity index (χ2n) is 4.53. The number of benzene rings is 1. The van der Waals surface area contributed by atoms with Crippen LogP contribution in [0.4, 0.5) is 0 Å². The van der Waals surface area contributed by atoms with Gasteiger partial charge in [-0.25, -0.2) is 4.79 Å². The Labute approximate surface area is 126 Å². The molecule has 5 nitrogen and oxygen atoms in total. The SMILES string of the molecule is COC(=O)C1CN(C(=O)Cc2cccc(Br)c2)CCO1. The molecule has 1 heterocycles. The van der Waals surface area contributed by atoms with Crippen LogP contribution < -0.4 is 0 Å². The molecule has 1 aromatic carbocycles. The summed E-state index contributed by atoms with van der Waals surface area (Å²) >= 11 is 3.38. The van der Waals surface area contributed by atoms with Crippen LogP contribution in [-0.4, -0.2) is 49.7 Å². The molecule has 1 aliphatic heterocycles. The van der Waals surface area contributed by atoms with Crippen molar-refractivity contribution in [2.45, 2.75) is 12.5 Å². The molecular formula is C14H16BrNO4. The lowest BCUT2D eigenvalue weighted by atomic mass is 10.1. The van der Waals surface area contributed by atoms with Gasteiger partial charge in [-0.2, -0.15) is 0 Å². The van der Waals surface area contributed by atoms with Crippen LogP contribution in [0.1, 0.15) is 5.56 Å². The zero-order valence-corrected chi connectivity index (χ0v) is 12.8. The van der Waals surface area contributed by atoms with Gasteiger partial charge in [-0.15, -0.1) is 0 Å². The Morgan fingerprint density at radius 1 is 1.50 bits per heavy atom. The second-order valence-corrected chi connectivity index (χ2v) is 5.44. The van der Waals surface area contributed by atoms with E-state index in [0.717, 1.165) is 10.0 Å². The number of carbonyl (C=O) groups excluding carboxylic acids is 2. The van der Waals surface area contributed by atoms with Crippen molar-refractivity contribution in [3.63, 3.8) is 0 Å². The molecule has 0 N–H and O–H groups in total. The third kappa shape index (κ3) is 3.80. The number of hydrogen-bond acceptors (Lipinski definition) is 4. The van der Waals surface area contributed by atoms with Crippen LogP contribution in [0.5, 0.6) is 0 Å². The lowest BCUT2D eigenvalue weighted by Crippen LogP contribution is -2.49. The summed E-state index contributed by atoms with van der Waals surface area (Å²) in [6.45, 7) is 1.10. The monoisotopic (exact) mass is 341 g/mol. The smallest absolute Gasteiger partial charge is 0.336 e. The molecule has 1 aromatic rings. The number of hydrogen-bond donors (Lipinski definition) is 0. The van der Waals surface area contributed by atoms with Gasteiger partial charge in [0.25, 0.3) is 0 Å². The average Bonchev–Trinajstić information content (AvgIpc) is 2.46. The van der Waals surface area contributed by atoms with Gasteiger partial charge in [-0.3, -0.25) is 4.79 Å². The van der Waals surface area contributed by atoms with Crippen LogP contribution in [0.3, 0.4) is 0 Å². The zero-order chi connectivity index (χ0) is 14.5. The van der Waals surface area contributed by atoms with E-state index >= 15 is 0 Å². The summed E-state index contributed by atoms with van der Waals surface area (Å²) in [6, 6.07) is 7.62. The second kappa shape index (κ2) is 6.85. The first-order valence-electron chi connectivity index (χ1n) is 6.32. The van der Waals surface area contributed by atoms with Crippen molar-refractivity contribution in [2.24, 2.45) is 0 Å². The van der Waals surface area contributed by atoms with Gasteiger partial charge < -0.3 is 14.4 Å². The minimum Gasteiger partial charge on any atom is -0.467 e. The van der Waals surface area contributed by atoms with E-state index in [2.05, 4.69) is 20.7 Å². The van der Waals surface area contributed by atoms with E-state index in [1.54, 1.807) is 4.90 Å². The molecule has 1 saturated heterocycles. The third-order valence-electron chi connectivity index (χ3n) is 3.13. The van der Waals surface area contributed by atoms with Gasteiger partial charge in [-0.1, -0.05) is 28.1 Å². The van der Waals surface area contributed by atoms with E-state index in [4.69, 9.17) is 4.74 Å². The van der Waals surface area contributed by atoms with E-state index < -0.39 is 12.1 Å². The summed E-state index contributed by atoms with van der Waals surface area (Å²) in [4.78, 5) is 25.3. The van der Waals surface area contributed by atoms with Crippen LogP contribution in [0.2, 0.25) is 0 Å². The molecule has 0 aromatic heterocycles. The molecule has 1 fully saturated rings. The number of nitrogens with zero attached hydrogens (tertiary/aromatic N) is 1. The highest BCUT2D eigenvalue weighted by Gasteiger charge is 2.29. The maximum atomic E-state index is 12.2. The first-order valence-corrected chi connectivity index (χ1v) is 7.11. The number of rotatable bonds is 3. The lowest BCUT2D eigenvalue weighted by molar-refractivity contribution is -0.162. The standard InChI is InChI=1S/C14H16BrNO4/c1-19-14(18)12-9-16(5-6-20-12)13(17)8-10-3-2-4-11(15)7-10/h2-4,7,12H,5-6,8-9H2,1H3. The lowest BCUT2D eigenvalue weighted by Gasteiger charge is -2.31. The van der Waals surface area contributed by atoms with Gasteiger partial charge in [0.1, 0.15) is 0 Å². The molecule has 20 heavy (non-hydrogen) atoms. The molecule has 0 bridgehead atoms. The van der Waals surface area contributed by atoms with Crippen LogP contribution in [0.25, 0.3) is 0 Å². The molecule has 6 heteroatoms. The fourth-order valence-corrected chi connectivity index (χ4v) is 2.53. The van der Waals surface area contributed by atoms with Crippen molar-refractivity contribution >= 4 is 27.8 Å². The summed E-state index contributed by atoms with van der Waals surface area (Å²) in [6.07, 6.45) is -0.368. The minimum absolute atomic E-state index is 0.0136. The summed E-state index contributed by atoms with van der Waals surface area (Å²) in [5, 5.41) is 0. The van der Waals surface area contributed by atoms with Gasteiger partial charge >= 0.3 is 5.97 Å². The fraction of sp³-hybridized carbons (Fsp3) is 0.429. The highest BCUT2D eigenvalue weighted by Crippen LogP contribution is 2.14. The number of halogens is 1. The van der Waals surface area contributed by atoms with Gasteiger partial charge in [0.05, 0.1) is 26.7 Å². The Bertz CT molecular complexity index is 506. The van der Waals surface area contributed by atoms with Gasteiger partial charge in [0.2, 0.25) is 5.91 Å². The molecule has 1 unspecified atom stereocenters. The van der Waals surface area contributed by atoms with Crippen LogP contribution in [-0.2, 0) is 25.5 Å². The van der Waals surface area contributed by atoms with Crippen molar-refractivity contribution in [1.29, 1.82) is 0 Å². The Hall–Kier alpha value is -1.40. The number of ether oxygens (including phenoxy) is 2. The highest BCUT2D eigenvalue weighted by molar-refractivity contribution is 9.10. The molecule has 2 rings (SSSR count). The topological polar surface area (TPSA) is 55.8 Å². The normalized spacial score (nSPS) is 18.7. The van der Waals surface area contributed by atoms with E-state index in [0.29, 0.717) is 19.6 Å². The summed E-state index contributed by atoms with van der Waals surface area (Å²) in [5.74, 6) is -0.453. The Balaban J connectivity index is 1.97. The maximum absolute atomic E-state index is 12.2. The Kier molecular flexibility index (Phi) is 5.14. The summed E-state index contributed by atoms with van der Waals surface area (Å²) in [5.41, 5.74) is 0.936. The minimum atomic E-state index is -0.680. The predicted molar refractivity (Wildman–Crippen MR) is 76.2 cm³/mol. The van der Waals surface area contributed by atoms with Gasteiger partial charge in [0.15, 0.2) is 6.10 Å². The number of morpholine rings is 1. The Morgan fingerprint density at radius 3 is 3.00 bits per heavy atom. The first kappa shape index (κ1) is 15.0. The summed E-state index contributed by atoms with van der Waals surface area (Å²) < 4.78 is 10.9. The van der Waals surface area contributed by atoms with Crippen molar-refractivity contribution in [2.75, 3.05) is 26.8 Å². The first-order chi connectivity index (χ1) is 9.60. The van der Waals surface area contributed by atoms with Crippen molar-refractivity contribution in [3.05, 3.63) is 34.3 Å². The highest BCUT2D eigenvalue weighted by atomic mass is 79.9. The quantitative estimate of drug-likeness (QED) is 0.779. The molecule has 0 spiro atoms. The van der Waals surface area contributed by atoms with Crippen LogP contribution >= 0.6 is 15.9 Å².